The van der Waals surface area contributed by atoms with E-state index in [0.717, 1.165) is 54.6 Å². The highest BCUT2D eigenvalue weighted by Gasteiger charge is 2.25. The molecule has 0 aliphatic carbocycles. The zero-order chi connectivity index (χ0) is 20.4. The minimum Gasteiger partial charge on any atom is -0.322 e. The number of anilines is 2. The molecular weight excluding hydrogens is 384 g/mol. The Bertz CT molecular complexity index is 925. The third kappa shape index (κ3) is 4.11. The van der Waals surface area contributed by atoms with Gasteiger partial charge in [-0.2, -0.15) is 0 Å². The van der Waals surface area contributed by atoms with Crippen LogP contribution in [0.15, 0.2) is 52.3 Å². The Morgan fingerprint density at radius 3 is 2.59 bits per heavy atom. The molecule has 1 fully saturated rings. The summed E-state index contributed by atoms with van der Waals surface area (Å²) in [7, 11) is 1.78. The predicted octanol–water partition coefficient (Wildman–Crippen LogP) is 3.99. The van der Waals surface area contributed by atoms with E-state index in [0.29, 0.717) is 11.3 Å². The molecular formula is C22H26N4O2S. The van der Waals surface area contributed by atoms with Crippen molar-refractivity contribution in [3.05, 3.63) is 48.0 Å². The molecule has 2 heterocycles. The molecule has 2 aromatic carbocycles. The second-order valence-electron chi connectivity index (χ2n) is 7.40. The van der Waals surface area contributed by atoms with Crippen LogP contribution in [0.2, 0.25) is 0 Å². The highest BCUT2D eigenvalue weighted by Crippen LogP contribution is 2.41. The molecule has 29 heavy (non-hydrogen) atoms. The minimum atomic E-state index is -0.0837. The van der Waals surface area contributed by atoms with Crippen LogP contribution in [-0.4, -0.2) is 61.5 Å². The van der Waals surface area contributed by atoms with Crippen molar-refractivity contribution in [1.82, 2.24) is 9.80 Å². The molecule has 1 N–H and O–H groups in total. The Labute approximate surface area is 175 Å². The first-order chi connectivity index (χ1) is 14.1. The summed E-state index contributed by atoms with van der Waals surface area (Å²) in [5.74, 6) is -0.0395. The van der Waals surface area contributed by atoms with Crippen molar-refractivity contribution in [2.24, 2.45) is 0 Å². The molecule has 1 saturated heterocycles. The van der Waals surface area contributed by atoms with Crippen LogP contribution in [0, 0.1) is 0 Å². The Morgan fingerprint density at radius 2 is 1.83 bits per heavy atom. The summed E-state index contributed by atoms with van der Waals surface area (Å²) in [6, 6.07) is 13.3. The zero-order valence-electron chi connectivity index (χ0n) is 16.9. The number of benzene rings is 2. The van der Waals surface area contributed by atoms with Crippen LogP contribution < -0.4 is 10.2 Å². The van der Waals surface area contributed by atoms with E-state index in [1.54, 1.807) is 23.7 Å². The van der Waals surface area contributed by atoms with Gasteiger partial charge in [-0.3, -0.25) is 9.69 Å². The van der Waals surface area contributed by atoms with E-state index in [2.05, 4.69) is 17.1 Å². The number of nitrogens with zero attached hydrogens (tertiary/aromatic N) is 3. The van der Waals surface area contributed by atoms with Crippen molar-refractivity contribution >= 4 is 35.1 Å². The predicted molar refractivity (Wildman–Crippen MR) is 117 cm³/mol. The molecule has 3 amide bonds. The topological polar surface area (TPSA) is 55.9 Å². The molecule has 0 saturated carbocycles. The first kappa shape index (κ1) is 19.8. The average molecular weight is 411 g/mol. The highest BCUT2D eigenvalue weighted by molar-refractivity contribution is 7.99. The number of piperazine rings is 1. The fraction of sp³-hybridized carbons (Fsp3) is 0.364. The van der Waals surface area contributed by atoms with Gasteiger partial charge in [0.15, 0.2) is 0 Å². The van der Waals surface area contributed by atoms with E-state index in [4.69, 9.17) is 0 Å². The maximum absolute atomic E-state index is 12.9. The van der Waals surface area contributed by atoms with Gasteiger partial charge in [-0.25, -0.2) is 4.79 Å². The van der Waals surface area contributed by atoms with Gasteiger partial charge >= 0.3 is 6.03 Å². The smallest absolute Gasteiger partial charge is 0.321 e. The van der Waals surface area contributed by atoms with Gasteiger partial charge in [0.1, 0.15) is 0 Å². The molecule has 0 unspecified atom stereocenters. The molecule has 2 aliphatic heterocycles. The fourth-order valence-corrected chi connectivity index (χ4v) is 4.86. The molecule has 7 heteroatoms. The van der Waals surface area contributed by atoms with Crippen LogP contribution in [0.5, 0.6) is 0 Å². The second kappa shape index (κ2) is 8.47. The monoisotopic (exact) mass is 410 g/mol. The standard InChI is InChI=1S/C22H26N4O2S/c1-3-10-25-11-13-26(14-12-25)22(28)23-16-8-9-20-18(15-16)24(2)21(27)17-6-4-5-7-19(17)29-20/h4-9,15H,3,10-14H2,1-2H3,(H,23,28). The van der Waals surface area contributed by atoms with Crippen LogP contribution in [0.4, 0.5) is 16.2 Å². The lowest BCUT2D eigenvalue weighted by molar-refractivity contribution is 0.0990. The van der Waals surface area contributed by atoms with Crippen LogP contribution in [0.1, 0.15) is 23.7 Å². The van der Waals surface area contributed by atoms with Crippen molar-refractivity contribution in [3.8, 4) is 0 Å². The lowest BCUT2D eigenvalue weighted by Gasteiger charge is -2.34. The molecule has 0 radical (unpaired) electrons. The molecule has 0 atom stereocenters. The zero-order valence-corrected chi connectivity index (χ0v) is 17.7. The van der Waals surface area contributed by atoms with Gasteiger partial charge in [0.2, 0.25) is 0 Å². The first-order valence-electron chi connectivity index (χ1n) is 10.0. The third-order valence-electron chi connectivity index (χ3n) is 5.41. The molecule has 6 nitrogen and oxygen atoms in total. The van der Waals surface area contributed by atoms with Crippen molar-refractivity contribution in [2.75, 3.05) is 50.0 Å². The number of carbonyl (C=O) groups excluding carboxylic acids is 2. The van der Waals surface area contributed by atoms with E-state index < -0.39 is 0 Å². The summed E-state index contributed by atoms with van der Waals surface area (Å²) in [5.41, 5.74) is 2.21. The number of rotatable bonds is 3. The van der Waals surface area contributed by atoms with Gasteiger partial charge in [0.25, 0.3) is 5.91 Å². The van der Waals surface area contributed by atoms with Gasteiger partial charge < -0.3 is 15.1 Å². The summed E-state index contributed by atoms with van der Waals surface area (Å²) in [4.78, 5) is 33.4. The van der Waals surface area contributed by atoms with Crippen molar-refractivity contribution in [2.45, 2.75) is 23.1 Å². The normalized spacial score (nSPS) is 16.8. The van der Waals surface area contributed by atoms with Crippen LogP contribution in [-0.2, 0) is 0 Å². The Balaban J connectivity index is 1.49. The number of fused-ring (bicyclic) bond motifs is 2. The maximum atomic E-state index is 12.9. The summed E-state index contributed by atoms with van der Waals surface area (Å²) in [5, 5.41) is 3.01. The maximum Gasteiger partial charge on any atom is 0.321 e. The summed E-state index contributed by atoms with van der Waals surface area (Å²) in [6.07, 6.45) is 1.13. The Kier molecular flexibility index (Phi) is 5.78. The van der Waals surface area contributed by atoms with E-state index in [1.807, 2.05) is 47.4 Å². The van der Waals surface area contributed by atoms with Gasteiger partial charge in [-0.1, -0.05) is 30.8 Å². The van der Waals surface area contributed by atoms with E-state index >= 15 is 0 Å². The average Bonchev–Trinajstić information content (AvgIpc) is 2.84. The van der Waals surface area contributed by atoms with Gasteiger partial charge in [-0.15, -0.1) is 0 Å². The minimum absolute atomic E-state index is 0.0395. The van der Waals surface area contributed by atoms with Crippen LogP contribution >= 0.6 is 11.8 Å². The fourth-order valence-electron chi connectivity index (χ4n) is 3.78. The van der Waals surface area contributed by atoms with Gasteiger partial charge in [-0.05, 0) is 43.3 Å². The van der Waals surface area contributed by atoms with Crippen molar-refractivity contribution in [3.63, 3.8) is 0 Å². The molecule has 152 valence electrons. The molecule has 2 aromatic rings. The summed E-state index contributed by atoms with van der Waals surface area (Å²) in [6.45, 7) is 6.56. The molecule has 0 bridgehead atoms. The van der Waals surface area contributed by atoms with Gasteiger partial charge in [0.05, 0.1) is 11.3 Å². The number of nitrogens with one attached hydrogen (secondary N) is 1. The molecule has 4 rings (SSSR count). The number of hydrogen-bond acceptors (Lipinski definition) is 4. The van der Waals surface area contributed by atoms with E-state index in [-0.39, 0.29) is 11.9 Å². The summed E-state index contributed by atoms with van der Waals surface area (Å²) < 4.78 is 0. The van der Waals surface area contributed by atoms with Crippen molar-refractivity contribution in [1.29, 1.82) is 0 Å². The second-order valence-corrected chi connectivity index (χ2v) is 8.49. The number of urea groups is 1. The third-order valence-corrected chi connectivity index (χ3v) is 6.55. The number of hydrogen-bond donors (Lipinski definition) is 1. The SMILES string of the molecule is CCCN1CCN(C(=O)Nc2ccc3c(c2)N(C)C(=O)c2ccccc2S3)CC1. The summed E-state index contributed by atoms with van der Waals surface area (Å²) >= 11 is 1.58. The van der Waals surface area contributed by atoms with Crippen LogP contribution in [0.3, 0.4) is 0 Å². The highest BCUT2D eigenvalue weighted by atomic mass is 32.2. The number of amides is 3. The van der Waals surface area contributed by atoms with E-state index in [1.165, 1.54) is 0 Å². The lowest BCUT2D eigenvalue weighted by Crippen LogP contribution is -2.50. The lowest BCUT2D eigenvalue weighted by atomic mass is 10.2. The number of carbonyl (C=O) groups is 2. The Morgan fingerprint density at radius 1 is 1.07 bits per heavy atom. The van der Waals surface area contributed by atoms with E-state index in [9.17, 15) is 9.59 Å². The largest absolute Gasteiger partial charge is 0.322 e. The van der Waals surface area contributed by atoms with Crippen LogP contribution in [0.25, 0.3) is 0 Å². The first-order valence-corrected chi connectivity index (χ1v) is 10.9. The quantitative estimate of drug-likeness (QED) is 0.831. The Hall–Kier alpha value is -2.51. The molecule has 2 aliphatic rings. The molecule has 0 spiro atoms. The van der Waals surface area contributed by atoms with Gasteiger partial charge in [0, 0.05) is 48.7 Å². The molecule has 0 aromatic heterocycles. The van der Waals surface area contributed by atoms with Crippen molar-refractivity contribution < 1.29 is 9.59 Å².